The first-order valence-electron chi connectivity index (χ1n) is 5.38. The van der Waals surface area contributed by atoms with Gasteiger partial charge in [0.05, 0.1) is 11.3 Å². The zero-order valence-corrected chi connectivity index (χ0v) is 12.8. The van der Waals surface area contributed by atoms with E-state index in [0.29, 0.717) is 23.1 Å². The second kappa shape index (κ2) is 5.01. The van der Waals surface area contributed by atoms with Gasteiger partial charge in [-0.15, -0.1) is 0 Å². The summed E-state index contributed by atoms with van der Waals surface area (Å²) in [4.78, 5) is 24.8. The summed E-state index contributed by atoms with van der Waals surface area (Å²) in [6.07, 6.45) is 0.397. The van der Waals surface area contributed by atoms with Gasteiger partial charge in [-0.1, -0.05) is 31.9 Å². The van der Waals surface area contributed by atoms with Crippen LogP contribution in [0, 0.1) is 6.92 Å². The number of anilines is 1. The van der Waals surface area contributed by atoms with E-state index >= 15 is 0 Å². The zero-order valence-electron chi connectivity index (χ0n) is 9.61. The molecule has 0 aromatic heterocycles. The summed E-state index contributed by atoms with van der Waals surface area (Å²) in [5, 5.41) is 9.26. The summed E-state index contributed by atoms with van der Waals surface area (Å²) in [6.45, 7) is 2.31. The normalized spacial score (nSPS) is 19.4. The molecule has 1 N–H and O–H groups in total. The number of benzene rings is 1. The highest BCUT2D eigenvalue weighted by atomic mass is 79.9. The van der Waals surface area contributed by atoms with E-state index in [1.54, 1.807) is 11.8 Å². The first-order valence-corrected chi connectivity index (χ1v) is 7.09. The van der Waals surface area contributed by atoms with Crippen molar-refractivity contribution in [3.05, 3.63) is 27.7 Å². The van der Waals surface area contributed by atoms with Crippen LogP contribution in [0.3, 0.4) is 0 Å². The van der Waals surface area contributed by atoms with Crippen LogP contribution in [0.5, 0.6) is 0 Å². The molecule has 1 saturated heterocycles. The summed E-state index contributed by atoms with van der Waals surface area (Å²) in [5.41, 5.74) is 1.42. The summed E-state index contributed by atoms with van der Waals surface area (Å²) in [6, 6.07) is 3.34. The first kappa shape index (κ1) is 13.5. The number of hydrogen-bond acceptors (Lipinski definition) is 2. The Hall–Kier alpha value is -0.880. The van der Waals surface area contributed by atoms with Crippen molar-refractivity contribution in [2.45, 2.75) is 18.2 Å². The van der Waals surface area contributed by atoms with Crippen molar-refractivity contribution in [2.24, 2.45) is 0 Å². The molecular formula is C12H11Br2NO3. The van der Waals surface area contributed by atoms with Crippen LogP contribution in [0.1, 0.15) is 22.3 Å². The third kappa shape index (κ3) is 2.44. The molecule has 0 bridgehead atoms. The number of carbonyl (C=O) groups excluding carboxylic acids is 1. The van der Waals surface area contributed by atoms with Crippen LogP contribution in [0.25, 0.3) is 0 Å². The van der Waals surface area contributed by atoms with Crippen LogP contribution >= 0.6 is 31.9 Å². The maximum atomic E-state index is 11.9. The van der Waals surface area contributed by atoms with Gasteiger partial charge in [0.15, 0.2) is 0 Å². The molecule has 4 nitrogen and oxygen atoms in total. The number of halogens is 2. The number of carbonyl (C=O) groups is 2. The van der Waals surface area contributed by atoms with Crippen LogP contribution in [0.15, 0.2) is 16.6 Å². The van der Waals surface area contributed by atoms with Gasteiger partial charge in [-0.3, -0.25) is 4.79 Å². The highest BCUT2D eigenvalue weighted by Gasteiger charge is 2.32. The van der Waals surface area contributed by atoms with Crippen LogP contribution in [-0.4, -0.2) is 28.4 Å². The molecule has 6 heteroatoms. The van der Waals surface area contributed by atoms with Gasteiger partial charge in [0.2, 0.25) is 5.91 Å². The molecule has 1 aliphatic rings. The van der Waals surface area contributed by atoms with Gasteiger partial charge in [-0.25, -0.2) is 4.79 Å². The predicted octanol–water partition coefficient (Wildman–Crippen LogP) is 2.96. The molecule has 18 heavy (non-hydrogen) atoms. The number of nitrogens with zero attached hydrogens (tertiary/aromatic N) is 1. The maximum Gasteiger partial charge on any atom is 0.337 e. The molecule has 1 aromatic rings. The van der Waals surface area contributed by atoms with Crippen molar-refractivity contribution in [2.75, 3.05) is 11.4 Å². The SMILES string of the molecule is Cc1cc(Br)cc(C(=O)O)c1N1CC(Br)CC1=O. The Morgan fingerprint density at radius 2 is 2.17 bits per heavy atom. The van der Waals surface area contributed by atoms with Crippen molar-refractivity contribution < 1.29 is 14.7 Å². The number of rotatable bonds is 2. The third-order valence-electron chi connectivity index (χ3n) is 2.84. The average molecular weight is 377 g/mol. The third-order valence-corrected chi connectivity index (χ3v) is 3.91. The van der Waals surface area contributed by atoms with E-state index in [2.05, 4.69) is 31.9 Å². The Morgan fingerprint density at radius 3 is 2.67 bits per heavy atom. The number of alkyl halides is 1. The molecule has 1 atom stereocenters. The Morgan fingerprint density at radius 1 is 1.50 bits per heavy atom. The quantitative estimate of drug-likeness (QED) is 0.807. The topological polar surface area (TPSA) is 57.6 Å². The van der Waals surface area contributed by atoms with Crippen LogP contribution in [0.4, 0.5) is 5.69 Å². The standard InChI is InChI=1S/C12H11Br2NO3/c1-6-2-7(13)3-9(12(17)18)11(6)15-5-8(14)4-10(15)16/h2-3,8H,4-5H2,1H3,(H,17,18). The minimum Gasteiger partial charge on any atom is -0.478 e. The van der Waals surface area contributed by atoms with Gasteiger partial charge in [0.25, 0.3) is 0 Å². The fraction of sp³-hybridized carbons (Fsp3) is 0.333. The average Bonchev–Trinajstić information content (AvgIpc) is 2.56. The van der Waals surface area contributed by atoms with Crippen molar-refractivity contribution in [3.63, 3.8) is 0 Å². The lowest BCUT2D eigenvalue weighted by atomic mass is 10.1. The van der Waals surface area contributed by atoms with E-state index in [1.165, 1.54) is 6.07 Å². The minimum atomic E-state index is -1.03. The second-order valence-corrected chi connectivity index (χ2v) is 6.44. The monoisotopic (exact) mass is 375 g/mol. The maximum absolute atomic E-state index is 11.9. The molecule has 1 heterocycles. The van der Waals surface area contributed by atoms with E-state index in [9.17, 15) is 14.7 Å². The Labute approximate surface area is 121 Å². The minimum absolute atomic E-state index is 0.0511. The summed E-state index contributed by atoms with van der Waals surface area (Å²) >= 11 is 6.67. The molecule has 2 rings (SSSR count). The summed E-state index contributed by atoms with van der Waals surface area (Å²) in [5.74, 6) is -1.08. The van der Waals surface area contributed by atoms with Gasteiger partial charge in [0, 0.05) is 22.3 Å². The van der Waals surface area contributed by atoms with E-state index in [0.717, 1.165) is 5.56 Å². The van der Waals surface area contributed by atoms with Crippen LogP contribution in [-0.2, 0) is 4.79 Å². The van der Waals surface area contributed by atoms with Crippen molar-refractivity contribution >= 4 is 49.4 Å². The molecule has 0 saturated carbocycles. The number of aromatic carboxylic acids is 1. The van der Waals surface area contributed by atoms with E-state index < -0.39 is 5.97 Å². The van der Waals surface area contributed by atoms with E-state index in [1.807, 2.05) is 6.07 Å². The number of aryl methyl sites for hydroxylation is 1. The zero-order chi connectivity index (χ0) is 13.4. The lowest BCUT2D eigenvalue weighted by Crippen LogP contribution is -2.27. The number of carboxylic acid groups (broad SMARTS) is 1. The lowest BCUT2D eigenvalue weighted by molar-refractivity contribution is -0.117. The van der Waals surface area contributed by atoms with Crippen molar-refractivity contribution in [1.29, 1.82) is 0 Å². The van der Waals surface area contributed by atoms with Gasteiger partial charge < -0.3 is 10.0 Å². The molecule has 0 radical (unpaired) electrons. The van der Waals surface area contributed by atoms with E-state index in [4.69, 9.17) is 0 Å². The molecule has 0 spiro atoms. The molecule has 1 aliphatic heterocycles. The Kier molecular flexibility index (Phi) is 3.77. The fourth-order valence-electron chi connectivity index (χ4n) is 2.14. The smallest absolute Gasteiger partial charge is 0.337 e. The lowest BCUT2D eigenvalue weighted by Gasteiger charge is -2.21. The van der Waals surface area contributed by atoms with Crippen molar-refractivity contribution in [3.8, 4) is 0 Å². The highest BCUT2D eigenvalue weighted by molar-refractivity contribution is 9.10. The van der Waals surface area contributed by atoms with Crippen molar-refractivity contribution in [1.82, 2.24) is 0 Å². The molecule has 1 unspecified atom stereocenters. The van der Waals surface area contributed by atoms with Crippen LogP contribution in [0.2, 0.25) is 0 Å². The van der Waals surface area contributed by atoms with Gasteiger partial charge in [-0.05, 0) is 24.6 Å². The molecular weight excluding hydrogens is 366 g/mol. The largest absolute Gasteiger partial charge is 0.478 e. The molecule has 1 amide bonds. The second-order valence-electron chi connectivity index (χ2n) is 4.23. The molecule has 0 aliphatic carbocycles. The highest BCUT2D eigenvalue weighted by Crippen LogP contribution is 2.33. The first-order chi connectivity index (χ1) is 8.40. The molecule has 1 aromatic carbocycles. The van der Waals surface area contributed by atoms with Gasteiger partial charge in [0.1, 0.15) is 0 Å². The van der Waals surface area contributed by atoms with E-state index in [-0.39, 0.29) is 16.3 Å². The summed E-state index contributed by atoms with van der Waals surface area (Å²) < 4.78 is 0.697. The number of amides is 1. The molecule has 1 fully saturated rings. The van der Waals surface area contributed by atoms with Gasteiger partial charge >= 0.3 is 5.97 Å². The van der Waals surface area contributed by atoms with Gasteiger partial charge in [-0.2, -0.15) is 0 Å². The number of hydrogen-bond donors (Lipinski definition) is 1. The summed E-state index contributed by atoms with van der Waals surface area (Å²) in [7, 11) is 0. The number of carboxylic acids is 1. The Bertz CT molecular complexity index is 530. The Balaban J connectivity index is 2.56. The fourth-order valence-corrected chi connectivity index (χ4v) is 3.28. The predicted molar refractivity (Wildman–Crippen MR) is 75.5 cm³/mol. The van der Waals surface area contributed by atoms with Crippen LogP contribution < -0.4 is 4.90 Å². The molecule has 96 valence electrons.